The number of pyridine rings is 1. The molecule has 0 spiro atoms. The molecule has 3 N–H and O–H groups in total. The molecule has 0 amide bonds. The molecule has 1 aromatic carbocycles. The first-order chi connectivity index (χ1) is 13.3. The second-order valence-electron chi connectivity index (χ2n) is 7.00. The molecule has 1 unspecified atom stereocenters. The normalized spacial score (nSPS) is 27.4. The smallest absolute Gasteiger partial charge is 0.351 e. The number of fused-ring (bicyclic) bond motifs is 1. The second-order valence-corrected chi connectivity index (χ2v) is 7.00. The van der Waals surface area contributed by atoms with Gasteiger partial charge in [-0.05, 0) is 18.6 Å². The molecule has 3 heterocycles. The average Bonchev–Trinajstić information content (AvgIpc) is 2.87. The van der Waals surface area contributed by atoms with Gasteiger partial charge in [-0.15, -0.1) is 0 Å². The van der Waals surface area contributed by atoms with Crippen LogP contribution in [0.2, 0.25) is 0 Å². The lowest BCUT2D eigenvalue weighted by molar-refractivity contribution is -0.143. The Bertz CT molecular complexity index is 1140. The summed E-state index contributed by atoms with van der Waals surface area (Å²) in [4.78, 5) is 29.0. The SMILES string of the molecule is C[C@@]1(O)[C@H](O)C(O)O[C@H]1n1cc2ccc(=O)n(Cc3ccccc3)c2nc1=O. The van der Waals surface area contributed by atoms with Crippen LogP contribution in [0, 0.1) is 0 Å². The number of aromatic nitrogens is 3. The van der Waals surface area contributed by atoms with E-state index >= 15 is 0 Å². The fourth-order valence-electron chi connectivity index (χ4n) is 3.38. The fourth-order valence-corrected chi connectivity index (χ4v) is 3.38. The molecule has 4 rings (SSSR count). The maximum atomic E-state index is 12.6. The molecule has 9 nitrogen and oxygen atoms in total. The minimum absolute atomic E-state index is 0.191. The molecule has 1 aliphatic rings. The summed E-state index contributed by atoms with van der Waals surface area (Å²) in [6.07, 6.45) is -3.19. The highest BCUT2D eigenvalue weighted by Gasteiger charge is 2.53. The topological polar surface area (TPSA) is 127 Å². The lowest BCUT2D eigenvalue weighted by Gasteiger charge is -2.27. The van der Waals surface area contributed by atoms with Crippen LogP contribution in [-0.4, -0.2) is 47.4 Å². The van der Waals surface area contributed by atoms with Crippen LogP contribution in [0.4, 0.5) is 0 Å². The predicted molar refractivity (Wildman–Crippen MR) is 98.6 cm³/mol. The zero-order chi connectivity index (χ0) is 20.1. The van der Waals surface area contributed by atoms with Crippen LogP contribution in [0.1, 0.15) is 18.7 Å². The summed E-state index contributed by atoms with van der Waals surface area (Å²) in [6.45, 7) is 1.49. The third kappa shape index (κ3) is 2.94. The summed E-state index contributed by atoms with van der Waals surface area (Å²) < 4.78 is 7.55. The standard InChI is InChI=1S/C19H19N3O6/c1-19(27)14(24)16(25)28-17(19)22-10-12-7-8-13(23)21(15(12)20-18(22)26)9-11-5-3-2-4-6-11/h2-8,10,14,16-17,24-25,27H,9H2,1H3/t14-,16?,17-,19-/m1/s1. The summed E-state index contributed by atoms with van der Waals surface area (Å²) in [5.74, 6) is 0. The van der Waals surface area contributed by atoms with Gasteiger partial charge >= 0.3 is 5.69 Å². The number of hydrogen-bond acceptors (Lipinski definition) is 7. The van der Waals surface area contributed by atoms with Crippen molar-refractivity contribution in [1.82, 2.24) is 14.1 Å². The number of rotatable bonds is 3. The highest BCUT2D eigenvalue weighted by atomic mass is 16.7. The van der Waals surface area contributed by atoms with Crippen molar-refractivity contribution in [2.45, 2.75) is 37.7 Å². The van der Waals surface area contributed by atoms with E-state index < -0.39 is 29.9 Å². The molecule has 0 radical (unpaired) electrons. The van der Waals surface area contributed by atoms with Gasteiger partial charge in [-0.25, -0.2) is 4.79 Å². The Morgan fingerprint density at radius 2 is 1.86 bits per heavy atom. The van der Waals surface area contributed by atoms with Crippen molar-refractivity contribution in [2.75, 3.05) is 0 Å². The van der Waals surface area contributed by atoms with Gasteiger partial charge in [0.05, 0.1) is 6.54 Å². The van der Waals surface area contributed by atoms with Crippen molar-refractivity contribution >= 4 is 11.0 Å². The van der Waals surface area contributed by atoms with E-state index in [0.29, 0.717) is 5.39 Å². The Balaban J connectivity index is 1.84. The maximum Gasteiger partial charge on any atom is 0.351 e. The number of aliphatic hydroxyl groups excluding tert-OH is 2. The van der Waals surface area contributed by atoms with Crippen molar-refractivity contribution < 1.29 is 20.1 Å². The number of ether oxygens (including phenoxy) is 1. The van der Waals surface area contributed by atoms with E-state index in [0.717, 1.165) is 10.1 Å². The molecule has 0 bridgehead atoms. The van der Waals surface area contributed by atoms with Gasteiger partial charge in [0, 0.05) is 17.6 Å². The van der Waals surface area contributed by atoms with E-state index in [2.05, 4.69) is 4.98 Å². The van der Waals surface area contributed by atoms with Crippen LogP contribution in [0.15, 0.2) is 58.3 Å². The Morgan fingerprint density at radius 1 is 1.14 bits per heavy atom. The maximum absolute atomic E-state index is 12.6. The van der Waals surface area contributed by atoms with Crippen molar-refractivity contribution in [3.05, 3.63) is 75.1 Å². The lowest BCUT2D eigenvalue weighted by atomic mass is 9.99. The molecule has 3 aromatic rings. The molecule has 2 aromatic heterocycles. The van der Waals surface area contributed by atoms with Gasteiger partial charge in [0.15, 0.2) is 12.5 Å². The molecule has 0 saturated carbocycles. The Kier molecular flexibility index (Phi) is 4.39. The molecule has 4 atom stereocenters. The van der Waals surface area contributed by atoms with Crippen molar-refractivity contribution in [3.8, 4) is 0 Å². The quantitative estimate of drug-likeness (QED) is 0.558. The number of nitrogens with zero attached hydrogens (tertiary/aromatic N) is 3. The van der Waals surface area contributed by atoms with Gasteiger partial charge in [-0.1, -0.05) is 30.3 Å². The Labute approximate surface area is 158 Å². The highest BCUT2D eigenvalue weighted by Crippen LogP contribution is 2.36. The van der Waals surface area contributed by atoms with E-state index in [9.17, 15) is 24.9 Å². The zero-order valence-electron chi connectivity index (χ0n) is 15.0. The molecule has 1 saturated heterocycles. The first-order valence-electron chi connectivity index (χ1n) is 8.69. The summed E-state index contributed by atoms with van der Waals surface area (Å²) in [6, 6.07) is 12.2. The second kappa shape index (κ2) is 6.64. The van der Waals surface area contributed by atoms with E-state index in [1.54, 1.807) is 0 Å². The molecule has 0 aliphatic carbocycles. The predicted octanol–water partition coefficient (Wildman–Crippen LogP) is -0.434. The van der Waals surface area contributed by atoms with Crippen LogP contribution < -0.4 is 11.2 Å². The third-order valence-corrected chi connectivity index (χ3v) is 4.96. The fraction of sp³-hybridized carbons (Fsp3) is 0.316. The van der Waals surface area contributed by atoms with Crippen molar-refractivity contribution in [2.24, 2.45) is 0 Å². The van der Waals surface area contributed by atoms with Gasteiger partial charge in [-0.3, -0.25) is 13.9 Å². The van der Waals surface area contributed by atoms with Crippen molar-refractivity contribution in [1.29, 1.82) is 0 Å². The molecule has 28 heavy (non-hydrogen) atoms. The lowest BCUT2D eigenvalue weighted by Crippen LogP contribution is -2.46. The van der Waals surface area contributed by atoms with E-state index in [4.69, 9.17) is 4.74 Å². The van der Waals surface area contributed by atoms with E-state index in [1.165, 1.54) is 29.8 Å². The van der Waals surface area contributed by atoms with E-state index in [1.807, 2.05) is 30.3 Å². The number of aliphatic hydroxyl groups is 3. The molecule has 146 valence electrons. The van der Waals surface area contributed by atoms with Gasteiger partial charge in [0.2, 0.25) is 0 Å². The van der Waals surface area contributed by atoms with Gasteiger partial charge in [0.25, 0.3) is 5.56 Å². The Morgan fingerprint density at radius 3 is 2.50 bits per heavy atom. The van der Waals surface area contributed by atoms with Crippen LogP contribution in [0.25, 0.3) is 11.0 Å². The highest BCUT2D eigenvalue weighted by molar-refractivity contribution is 5.73. The van der Waals surface area contributed by atoms with Gasteiger partial charge < -0.3 is 20.1 Å². The van der Waals surface area contributed by atoms with E-state index in [-0.39, 0.29) is 17.8 Å². The van der Waals surface area contributed by atoms with Crippen molar-refractivity contribution in [3.63, 3.8) is 0 Å². The van der Waals surface area contributed by atoms with Crippen LogP contribution in [0.5, 0.6) is 0 Å². The summed E-state index contributed by atoms with van der Waals surface area (Å²) in [7, 11) is 0. The molecule has 1 fully saturated rings. The number of hydrogen-bond donors (Lipinski definition) is 3. The first-order valence-corrected chi connectivity index (χ1v) is 8.69. The molecular weight excluding hydrogens is 366 g/mol. The summed E-state index contributed by atoms with van der Waals surface area (Å²) >= 11 is 0. The third-order valence-electron chi connectivity index (χ3n) is 4.96. The van der Waals surface area contributed by atoms with Gasteiger partial charge in [0.1, 0.15) is 17.4 Å². The Hall–Kier alpha value is -2.85. The average molecular weight is 385 g/mol. The molecule has 9 heteroatoms. The molecule has 1 aliphatic heterocycles. The molecular formula is C19H19N3O6. The first kappa shape index (κ1) is 18.5. The summed E-state index contributed by atoms with van der Waals surface area (Å²) in [5, 5.41) is 30.5. The minimum Gasteiger partial charge on any atom is -0.385 e. The number of benzene rings is 1. The summed E-state index contributed by atoms with van der Waals surface area (Å²) in [5.41, 5.74) is -1.94. The minimum atomic E-state index is -1.91. The largest absolute Gasteiger partial charge is 0.385 e. The monoisotopic (exact) mass is 385 g/mol. The van der Waals surface area contributed by atoms with Crippen LogP contribution in [-0.2, 0) is 11.3 Å². The van der Waals surface area contributed by atoms with Crippen LogP contribution in [0.3, 0.4) is 0 Å². The zero-order valence-corrected chi connectivity index (χ0v) is 15.0. The van der Waals surface area contributed by atoms with Crippen LogP contribution >= 0.6 is 0 Å². The van der Waals surface area contributed by atoms with Gasteiger partial charge in [-0.2, -0.15) is 4.98 Å².